The van der Waals surface area contributed by atoms with Crippen molar-refractivity contribution in [1.29, 1.82) is 0 Å². The Hall–Kier alpha value is -0.910. The zero-order chi connectivity index (χ0) is 18.6. The summed E-state index contributed by atoms with van der Waals surface area (Å²) < 4.78 is 8.20. The van der Waals surface area contributed by atoms with Crippen LogP contribution >= 0.6 is 0 Å². The molecule has 1 N–H and O–H groups in total. The third-order valence-corrected chi connectivity index (χ3v) is 6.95. The number of likely N-dealkylation sites (N-methyl/N-ethyl adjacent to an activating group) is 2. The quantitative estimate of drug-likeness (QED) is 0.768. The van der Waals surface area contributed by atoms with Crippen molar-refractivity contribution in [3.8, 4) is 0 Å². The average molecular weight is 363 g/mol. The number of nitrogens with zero attached hydrogens (tertiary/aromatic N) is 3. The molecule has 1 aromatic rings. The normalized spacial score (nSPS) is 20.5. The molecule has 1 aromatic heterocycles. The summed E-state index contributed by atoms with van der Waals surface area (Å²) in [6, 6.07) is 0. The van der Waals surface area contributed by atoms with Gasteiger partial charge in [-0.25, -0.2) is 4.98 Å². The lowest BCUT2D eigenvalue weighted by Crippen LogP contribution is -2.29. The van der Waals surface area contributed by atoms with Crippen LogP contribution in [0.2, 0.25) is 0 Å². The van der Waals surface area contributed by atoms with Crippen molar-refractivity contribution in [2.75, 3.05) is 33.8 Å². The molecule has 1 fully saturated rings. The summed E-state index contributed by atoms with van der Waals surface area (Å²) in [5, 5.41) is 3.25. The van der Waals surface area contributed by atoms with Gasteiger partial charge < -0.3 is 14.6 Å². The van der Waals surface area contributed by atoms with Gasteiger partial charge in [-0.3, -0.25) is 4.90 Å². The number of ether oxygens (including phenoxy) is 1. The standard InChI is InChI=1S/C21H38N4O/c1-5-21(6-2)10-7-17(8-11-21)20-18(15-24(4)13-12-22-3)23-19-9-14-26-16-25(19)20/h17,22H,5-16H2,1-4H3. The number of aromatic nitrogens is 2. The number of nitrogens with one attached hydrogen (secondary N) is 1. The summed E-state index contributed by atoms with van der Waals surface area (Å²) in [6.07, 6.45) is 8.93. The lowest BCUT2D eigenvalue weighted by molar-refractivity contribution is 0.0514. The van der Waals surface area contributed by atoms with Gasteiger partial charge in [0, 0.05) is 37.7 Å². The van der Waals surface area contributed by atoms with Crippen LogP contribution in [-0.4, -0.2) is 48.2 Å². The van der Waals surface area contributed by atoms with Gasteiger partial charge >= 0.3 is 0 Å². The van der Waals surface area contributed by atoms with E-state index in [1.165, 1.54) is 55.7 Å². The fraction of sp³-hybridized carbons (Fsp3) is 0.857. The van der Waals surface area contributed by atoms with Gasteiger partial charge in [0.15, 0.2) is 0 Å². The average Bonchev–Trinajstić information content (AvgIpc) is 3.04. The number of fused-ring (bicyclic) bond motifs is 1. The van der Waals surface area contributed by atoms with Gasteiger partial charge in [-0.1, -0.05) is 26.7 Å². The van der Waals surface area contributed by atoms with Crippen LogP contribution in [0.25, 0.3) is 0 Å². The summed E-state index contributed by atoms with van der Waals surface area (Å²) in [7, 11) is 4.22. The predicted molar refractivity (Wildman–Crippen MR) is 106 cm³/mol. The molecular weight excluding hydrogens is 324 g/mol. The molecule has 1 saturated carbocycles. The summed E-state index contributed by atoms with van der Waals surface area (Å²) in [4.78, 5) is 7.46. The first kappa shape index (κ1) is 19.8. The van der Waals surface area contributed by atoms with Crippen molar-refractivity contribution in [2.24, 2.45) is 5.41 Å². The van der Waals surface area contributed by atoms with Crippen LogP contribution in [-0.2, 0) is 24.4 Å². The number of hydrogen-bond donors (Lipinski definition) is 1. The first-order valence-corrected chi connectivity index (χ1v) is 10.6. The van der Waals surface area contributed by atoms with E-state index in [2.05, 4.69) is 35.7 Å². The zero-order valence-electron chi connectivity index (χ0n) is 17.3. The van der Waals surface area contributed by atoms with Crippen LogP contribution in [0.5, 0.6) is 0 Å². The fourth-order valence-corrected chi connectivity index (χ4v) is 4.89. The Balaban J connectivity index is 1.80. The molecule has 0 radical (unpaired) electrons. The Morgan fingerprint density at radius 1 is 1.27 bits per heavy atom. The van der Waals surface area contributed by atoms with E-state index in [1.807, 2.05) is 7.05 Å². The van der Waals surface area contributed by atoms with Gasteiger partial charge in [0.1, 0.15) is 12.6 Å². The van der Waals surface area contributed by atoms with Gasteiger partial charge in [-0.05, 0) is 45.2 Å². The molecule has 5 heteroatoms. The molecule has 0 saturated heterocycles. The summed E-state index contributed by atoms with van der Waals surface area (Å²) >= 11 is 0. The maximum Gasteiger partial charge on any atom is 0.124 e. The van der Waals surface area contributed by atoms with Gasteiger partial charge in [0.05, 0.1) is 12.3 Å². The van der Waals surface area contributed by atoms with Crippen LogP contribution in [0, 0.1) is 5.41 Å². The molecule has 3 rings (SSSR count). The second kappa shape index (κ2) is 8.85. The monoisotopic (exact) mass is 362 g/mol. The Kier molecular flexibility index (Phi) is 6.76. The smallest absolute Gasteiger partial charge is 0.124 e. The zero-order valence-corrected chi connectivity index (χ0v) is 17.3. The van der Waals surface area contributed by atoms with Crippen molar-refractivity contribution < 1.29 is 4.74 Å². The molecule has 2 aliphatic rings. The Morgan fingerprint density at radius 3 is 2.65 bits per heavy atom. The molecule has 1 aliphatic carbocycles. The van der Waals surface area contributed by atoms with Crippen molar-refractivity contribution in [1.82, 2.24) is 19.8 Å². The van der Waals surface area contributed by atoms with E-state index in [4.69, 9.17) is 9.72 Å². The molecule has 0 bridgehead atoms. The second-order valence-corrected chi connectivity index (χ2v) is 8.40. The largest absolute Gasteiger partial charge is 0.360 e. The lowest BCUT2D eigenvalue weighted by atomic mass is 9.67. The maximum atomic E-state index is 5.79. The van der Waals surface area contributed by atoms with Crippen molar-refractivity contribution >= 4 is 0 Å². The van der Waals surface area contributed by atoms with Crippen LogP contribution in [0.3, 0.4) is 0 Å². The maximum absolute atomic E-state index is 5.79. The molecule has 148 valence electrons. The van der Waals surface area contributed by atoms with E-state index in [0.29, 0.717) is 18.1 Å². The SMILES string of the molecule is CCC1(CC)CCC(c2c(CN(C)CCNC)nc3n2COCC3)CC1. The first-order chi connectivity index (χ1) is 12.6. The Bertz CT molecular complexity index is 569. The Morgan fingerprint density at radius 2 is 2.00 bits per heavy atom. The van der Waals surface area contributed by atoms with E-state index in [0.717, 1.165) is 32.7 Å². The van der Waals surface area contributed by atoms with E-state index in [1.54, 1.807) is 0 Å². The summed E-state index contributed by atoms with van der Waals surface area (Å²) in [5.74, 6) is 1.89. The molecule has 1 aliphatic heterocycles. The third kappa shape index (κ3) is 4.15. The predicted octanol–water partition coefficient (Wildman–Crippen LogP) is 3.53. The van der Waals surface area contributed by atoms with Gasteiger partial charge in [-0.15, -0.1) is 0 Å². The number of imidazole rings is 1. The molecule has 2 heterocycles. The molecule has 26 heavy (non-hydrogen) atoms. The minimum Gasteiger partial charge on any atom is -0.360 e. The van der Waals surface area contributed by atoms with Gasteiger partial charge in [0.25, 0.3) is 0 Å². The van der Waals surface area contributed by atoms with Crippen molar-refractivity contribution in [2.45, 2.75) is 78.0 Å². The highest BCUT2D eigenvalue weighted by Crippen LogP contribution is 2.47. The minimum absolute atomic E-state index is 0.585. The molecule has 0 amide bonds. The highest BCUT2D eigenvalue weighted by Gasteiger charge is 2.36. The summed E-state index contributed by atoms with van der Waals surface area (Å²) in [6.45, 7) is 9.27. The lowest BCUT2D eigenvalue weighted by Gasteiger charge is -2.39. The highest BCUT2D eigenvalue weighted by atomic mass is 16.5. The molecular formula is C21H38N4O. The molecule has 0 spiro atoms. The van der Waals surface area contributed by atoms with E-state index in [-0.39, 0.29) is 0 Å². The van der Waals surface area contributed by atoms with Crippen LogP contribution in [0.1, 0.15) is 75.5 Å². The summed E-state index contributed by atoms with van der Waals surface area (Å²) in [5.41, 5.74) is 3.37. The van der Waals surface area contributed by atoms with E-state index < -0.39 is 0 Å². The van der Waals surface area contributed by atoms with Crippen molar-refractivity contribution in [3.63, 3.8) is 0 Å². The first-order valence-electron chi connectivity index (χ1n) is 10.6. The highest BCUT2D eigenvalue weighted by molar-refractivity contribution is 5.23. The molecule has 0 unspecified atom stereocenters. The van der Waals surface area contributed by atoms with E-state index >= 15 is 0 Å². The van der Waals surface area contributed by atoms with Gasteiger partial charge in [-0.2, -0.15) is 0 Å². The van der Waals surface area contributed by atoms with E-state index in [9.17, 15) is 0 Å². The number of hydrogen-bond acceptors (Lipinski definition) is 4. The van der Waals surface area contributed by atoms with Gasteiger partial charge in [0.2, 0.25) is 0 Å². The fourth-order valence-electron chi connectivity index (χ4n) is 4.89. The molecule has 5 nitrogen and oxygen atoms in total. The molecule has 0 atom stereocenters. The number of rotatable bonds is 8. The third-order valence-electron chi connectivity index (χ3n) is 6.95. The van der Waals surface area contributed by atoms with Crippen LogP contribution < -0.4 is 5.32 Å². The minimum atomic E-state index is 0.585. The Labute approximate surface area is 159 Å². The van der Waals surface area contributed by atoms with Crippen LogP contribution in [0.4, 0.5) is 0 Å². The molecule has 0 aromatic carbocycles. The second-order valence-electron chi connectivity index (χ2n) is 8.40. The van der Waals surface area contributed by atoms with Crippen molar-refractivity contribution in [3.05, 3.63) is 17.2 Å². The topological polar surface area (TPSA) is 42.3 Å². The van der Waals surface area contributed by atoms with Crippen LogP contribution in [0.15, 0.2) is 0 Å².